The summed E-state index contributed by atoms with van der Waals surface area (Å²) in [5.41, 5.74) is 6.24. The first-order valence-electron chi connectivity index (χ1n) is 12.1. The molecular weight excluding hydrogens is 410 g/mol. The van der Waals surface area contributed by atoms with E-state index in [1.54, 1.807) is 7.11 Å². The minimum atomic E-state index is -0.0405. The number of anilines is 1. The predicted molar refractivity (Wildman–Crippen MR) is 130 cm³/mol. The maximum Gasteiger partial charge on any atom is 0.229 e. The van der Waals surface area contributed by atoms with E-state index in [1.807, 2.05) is 36.4 Å². The van der Waals surface area contributed by atoms with Gasteiger partial charge in [-0.05, 0) is 54.5 Å². The van der Waals surface area contributed by atoms with Crippen LogP contribution in [0.5, 0.6) is 5.75 Å². The van der Waals surface area contributed by atoms with Crippen molar-refractivity contribution in [3.63, 3.8) is 0 Å². The molecular formula is C28H31N3O2. The molecule has 0 atom stereocenters. The van der Waals surface area contributed by atoms with E-state index in [4.69, 9.17) is 14.7 Å². The van der Waals surface area contributed by atoms with Gasteiger partial charge in [0, 0.05) is 5.56 Å². The maximum atomic E-state index is 12.9. The number of rotatable bonds is 6. The lowest BCUT2D eigenvalue weighted by Gasteiger charge is -2.25. The zero-order chi connectivity index (χ0) is 22.6. The zero-order valence-corrected chi connectivity index (χ0v) is 19.3. The fourth-order valence-electron chi connectivity index (χ4n) is 5.15. The first-order chi connectivity index (χ1) is 16.2. The highest BCUT2D eigenvalue weighted by molar-refractivity contribution is 5.92. The number of benzene rings is 2. The highest BCUT2D eigenvalue weighted by Crippen LogP contribution is 2.36. The number of carbonyl (C=O) groups is 1. The van der Waals surface area contributed by atoms with E-state index in [9.17, 15) is 4.79 Å². The second-order valence-corrected chi connectivity index (χ2v) is 9.26. The predicted octanol–water partition coefficient (Wildman–Crippen LogP) is 5.55. The van der Waals surface area contributed by atoms with Crippen LogP contribution in [0.1, 0.15) is 54.6 Å². The molecule has 33 heavy (non-hydrogen) atoms. The molecule has 1 aromatic heterocycles. The summed E-state index contributed by atoms with van der Waals surface area (Å²) in [5, 5.41) is 3.11. The van der Waals surface area contributed by atoms with Crippen molar-refractivity contribution in [1.82, 2.24) is 9.97 Å². The van der Waals surface area contributed by atoms with Crippen LogP contribution < -0.4 is 10.1 Å². The number of aryl methyl sites for hydroxylation is 2. The Labute approximate surface area is 195 Å². The minimum absolute atomic E-state index is 0.0405. The SMILES string of the molecule is COc1ccc2c(c1)CCc1nc(NC(=O)Cc3ccccc3)c(CC3CCCCC3)nc1-2. The molecule has 3 aromatic rings. The van der Waals surface area contributed by atoms with Gasteiger partial charge in [-0.1, -0.05) is 62.4 Å². The molecule has 2 aromatic carbocycles. The Balaban J connectivity index is 1.47. The van der Waals surface area contributed by atoms with Gasteiger partial charge in [0.25, 0.3) is 0 Å². The Morgan fingerprint density at radius 3 is 2.64 bits per heavy atom. The first kappa shape index (κ1) is 21.6. The fraction of sp³-hybridized carbons (Fsp3) is 0.393. The molecule has 0 spiro atoms. The van der Waals surface area contributed by atoms with Crippen molar-refractivity contribution in [3.05, 3.63) is 71.0 Å². The summed E-state index contributed by atoms with van der Waals surface area (Å²) in [7, 11) is 1.70. The van der Waals surface area contributed by atoms with Crippen LogP contribution in [0.2, 0.25) is 0 Å². The van der Waals surface area contributed by atoms with Gasteiger partial charge >= 0.3 is 0 Å². The molecule has 0 bridgehead atoms. The van der Waals surface area contributed by atoms with Gasteiger partial charge in [-0.25, -0.2) is 9.97 Å². The van der Waals surface area contributed by atoms with Crippen LogP contribution in [0, 0.1) is 5.92 Å². The summed E-state index contributed by atoms with van der Waals surface area (Å²) in [6.07, 6.45) is 9.25. The number of hydrogen-bond donors (Lipinski definition) is 1. The first-order valence-corrected chi connectivity index (χ1v) is 12.1. The van der Waals surface area contributed by atoms with Crippen molar-refractivity contribution in [1.29, 1.82) is 0 Å². The Kier molecular flexibility index (Phi) is 6.38. The third-order valence-corrected chi connectivity index (χ3v) is 6.91. The summed E-state index contributed by atoms with van der Waals surface area (Å²) >= 11 is 0. The number of fused-ring (bicyclic) bond motifs is 3. The zero-order valence-electron chi connectivity index (χ0n) is 19.3. The van der Waals surface area contributed by atoms with E-state index in [1.165, 1.54) is 37.7 Å². The van der Waals surface area contributed by atoms with E-state index in [2.05, 4.69) is 17.4 Å². The molecule has 0 saturated heterocycles. The monoisotopic (exact) mass is 441 g/mol. The summed E-state index contributed by atoms with van der Waals surface area (Å²) < 4.78 is 5.42. The van der Waals surface area contributed by atoms with E-state index < -0.39 is 0 Å². The van der Waals surface area contributed by atoms with Gasteiger partial charge in [0.15, 0.2) is 5.82 Å². The number of amides is 1. The summed E-state index contributed by atoms with van der Waals surface area (Å²) in [6.45, 7) is 0. The average Bonchev–Trinajstić information content (AvgIpc) is 2.85. The number of carbonyl (C=O) groups excluding carboxylic acids is 1. The Morgan fingerprint density at radius 1 is 1.03 bits per heavy atom. The Hall–Kier alpha value is -3.21. The van der Waals surface area contributed by atoms with Gasteiger partial charge < -0.3 is 10.1 Å². The van der Waals surface area contributed by atoms with Gasteiger partial charge in [-0.15, -0.1) is 0 Å². The average molecular weight is 442 g/mol. The fourth-order valence-corrected chi connectivity index (χ4v) is 5.15. The summed E-state index contributed by atoms with van der Waals surface area (Å²) in [4.78, 5) is 23.0. The largest absolute Gasteiger partial charge is 0.497 e. The smallest absolute Gasteiger partial charge is 0.229 e. The normalized spacial score (nSPS) is 15.4. The van der Waals surface area contributed by atoms with Crippen LogP contribution in [0.3, 0.4) is 0 Å². The molecule has 0 radical (unpaired) electrons. The van der Waals surface area contributed by atoms with Gasteiger partial charge in [0.1, 0.15) is 5.75 Å². The number of nitrogens with one attached hydrogen (secondary N) is 1. The number of methoxy groups -OCH3 is 1. The highest BCUT2D eigenvalue weighted by Gasteiger charge is 2.25. The van der Waals surface area contributed by atoms with Crippen LogP contribution in [0.4, 0.5) is 5.82 Å². The maximum absolute atomic E-state index is 12.9. The van der Waals surface area contributed by atoms with Crippen molar-refractivity contribution < 1.29 is 9.53 Å². The topological polar surface area (TPSA) is 64.1 Å². The van der Waals surface area contributed by atoms with Crippen molar-refractivity contribution in [2.75, 3.05) is 12.4 Å². The minimum Gasteiger partial charge on any atom is -0.497 e. The molecule has 1 amide bonds. The number of ether oxygens (including phenoxy) is 1. The molecule has 5 nitrogen and oxygen atoms in total. The van der Waals surface area contributed by atoms with Crippen molar-refractivity contribution in [2.24, 2.45) is 5.92 Å². The van der Waals surface area contributed by atoms with Crippen LogP contribution in [-0.4, -0.2) is 23.0 Å². The van der Waals surface area contributed by atoms with Crippen LogP contribution in [0.25, 0.3) is 11.3 Å². The molecule has 2 aliphatic carbocycles. The molecule has 1 N–H and O–H groups in total. The van der Waals surface area contributed by atoms with Crippen molar-refractivity contribution in [3.8, 4) is 17.0 Å². The van der Waals surface area contributed by atoms with Gasteiger partial charge in [-0.2, -0.15) is 0 Å². The summed E-state index contributed by atoms with van der Waals surface area (Å²) in [5.74, 6) is 2.09. The number of aromatic nitrogens is 2. The van der Waals surface area contributed by atoms with Crippen LogP contribution in [-0.2, 0) is 30.5 Å². The van der Waals surface area contributed by atoms with E-state index in [0.29, 0.717) is 18.2 Å². The lowest BCUT2D eigenvalue weighted by Crippen LogP contribution is -2.21. The number of nitrogens with zero attached hydrogens (tertiary/aromatic N) is 2. The summed E-state index contributed by atoms with van der Waals surface area (Å²) in [6, 6.07) is 16.0. The molecule has 1 heterocycles. The molecule has 2 aliphatic rings. The lowest BCUT2D eigenvalue weighted by molar-refractivity contribution is -0.115. The number of hydrogen-bond acceptors (Lipinski definition) is 4. The molecule has 5 rings (SSSR count). The second kappa shape index (κ2) is 9.74. The lowest BCUT2D eigenvalue weighted by atomic mass is 9.85. The van der Waals surface area contributed by atoms with Crippen molar-refractivity contribution >= 4 is 11.7 Å². The molecule has 0 aliphatic heterocycles. The van der Waals surface area contributed by atoms with E-state index >= 15 is 0 Å². The molecule has 170 valence electrons. The third kappa shape index (κ3) is 4.92. The molecule has 1 saturated carbocycles. The van der Waals surface area contributed by atoms with Crippen LogP contribution in [0.15, 0.2) is 48.5 Å². The Bertz CT molecular complexity index is 1140. The van der Waals surface area contributed by atoms with Crippen molar-refractivity contribution in [2.45, 2.75) is 57.8 Å². The molecule has 0 unspecified atom stereocenters. The van der Waals surface area contributed by atoms with Gasteiger partial charge in [-0.3, -0.25) is 4.79 Å². The van der Waals surface area contributed by atoms with Gasteiger partial charge in [0.2, 0.25) is 5.91 Å². The second-order valence-electron chi connectivity index (χ2n) is 9.26. The van der Waals surface area contributed by atoms with Crippen LogP contribution >= 0.6 is 0 Å². The third-order valence-electron chi connectivity index (χ3n) is 6.91. The molecule has 1 fully saturated rings. The van der Waals surface area contributed by atoms with E-state index in [-0.39, 0.29) is 5.91 Å². The quantitative estimate of drug-likeness (QED) is 0.544. The van der Waals surface area contributed by atoms with Gasteiger partial charge in [0.05, 0.1) is 30.6 Å². The van der Waals surface area contributed by atoms with E-state index in [0.717, 1.165) is 53.2 Å². The standard InChI is InChI=1S/C28H31N3O2/c1-33-22-13-14-23-21(18-22)12-15-24-27(23)29-25(16-19-8-4-2-5-9-19)28(30-24)31-26(32)17-20-10-6-3-7-11-20/h3,6-7,10-11,13-14,18-19H,2,4-5,8-9,12,15-17H2,1H3,(H,30,31,32). The Morgan fingerprint density at radius 2 is 1.85 bits per heavy atom. The molecule has 5 heteroatoms. The highest BCUT2D eigenvalue weighted by atomic mass is 16.5.